The maximum absolute atomic E-state index is 12.6. The van der Waals surface area contributed by atoms with Crippen LogP contribution in [0.2, 0.25) is 0 Å². The van der Waals surface area contributed by atoms with Crippen LogP contribution in [0.15, 0.2) is 46.7 Å². The highest BCUT2D eigenvalue weighted by Gasteiger charge is 2.18. The van der Waals surface area contributed by atoms with Gasteiger partial charge in [0.1, 0.15) is 0 Å². The fourth-order valence-corrected chi connectivity index (χ4v) is 4.19. The van der Waals surface area contributed by atoms with E-state index in [1.54, 1.807) is 23.1 Å². The van der Waals surface area contributed by atoms with E-state index in [1.807, 2.05) is 44.4 Å². The molecule has 0 saturated carbocycles. The highest BCUT2D eigenvalue weighted by Crippen LogP contribution is 2.27. The molecule has 2 rings (SSSR count). The van der Waals surface area contributed by atoms with Gasteiger partial charge in [-0.05, 0) is 37.7 Å². The summed E-state index contributed by atoms with van der Waals surface area (Å²) in [5, 5.41) is 5.62. The Bertz CT molecular complexity index is 624. The van der Waals surface area contributed by atoms with Crippen molar-refractivity contribution in [3.8, 4) is 0 Å². The smallest absolute Gasteiger partial charge is 0.252 e. The lowest BCUT2D eigenvalue weighted by molar-refractivity contribution is 0.0939. The quantitative estimate of drug-likeness (QED) is 0.758. The van der Waals surface area contributed by atoms with E-state index in [-0.39, 0.29) is 11.9 Å². The topological polar surface area (TPSA) is 32.3 Å². The van der Waals surface area contributed by atoms with Gasteiger partial charge in [-0.25, -0.2) is 0 Å². The molecule has 23 heavy (non-hydrogen) atoms. The van der Waals surface area contributed by atoms with E-state index in [2.05, 4.69) is 35.5 Å². The van der Waals surface area contributed by atoms with Crippen LogP contribution in [0.3, 0.4) is 0 Å². The summed E-state index contributed by atoms with van der Waals surface area (Å²) in [6, 6.07) is 12.2. The lowest BCUT2D eigenvalue weighted by atomic mass is 10.2. The minimum absolute atomic E-state index is 0.00263. The summed E-state index contributed by atoms with van der Waals surface area (Å²) in [5.74, 6) is -0.00263. The second-order valence-corrected chi connectivity index (χ2v) is 8.47. The van der Waals surface area contributed by atoms with Gasteiger partial charge in [-0.1, -0.05) is 32.0 Å². The van der Waals surface area contributed by atoms with E-state index in [9.17, 15) is 4.79 Å². The fourth-order valence-electron chi connectivity index (χ4n) is 2.31. The van der Waals surface area contributed by atoms with Crippen molar-refractivity contribution in [3.05, 3.63) is 52.2 Å². The molecule has 0 saturated heterocycles. The number of hydrogen-bond donors (Lipinski definition) is 1. The lowest BCUT2D eigenvalue weighted by Crippen LogP contribution is -2.34. The summed E-state index contributed by atoms with van der Waals surface area (Å²) in [4.78, 5) is 17.0. The second kappa shape index (κ2) is 8.52. The van der Waals surface area contributed by atoms with Gasteiger partial charge in [-0.3, -0.25) is 4.79 Å². The summed E-state index contributed by atoms with van der Waals surface area (Å²) in [7, 11) is 4.08. The SMILES string of the molecule is CC(C)Sc1ccccc1C(=O)NCC(c1cccs1)N(C)C. The molecule has 5 heteroatoms. The molecule has 1 atom stereocenters. The Balaban J connectivity index is 2.07. The standard InChI is InChI=1S/C18H24N2OS2/c1-13(2)23-16-9-6-5-8-14(16)18(21)19-12-15(20(3)4)17-10-7-11-22-17/h5-11,13,15H,12H2,1-4H3,(H,19,21). The van der Waals surface area contributed by atoms with Crippen LogP contribution < -0.4 is 5.32 Å². The number of nitrogens with zero attached hydrogens (tertiary/aromatic N) is 1. The molecule has 0 aliphatic heterocycles. The van der Waals surface area contributed by atoms with Crippen LogP contribution in [-0.4, -0.2) is 36.7 Å². The van der Waals surface area contributed by atoms with Crippen molar-refractivity contribution in [2.75, 3.05) is 20.6 Å². The van der Waals surface area contributed by atoms with Crippen LogP contribution in [0.4, 0.5) is 0 Å². The minimum atomic E-state index is -0.00263. The molecule has 1 heterocycles. The fraction of sp³-hybridized carbons (Fsp3) is 0.389. The van der Waals surface area contributed by atoms with Gasteiger partial charge in [0.25, 0.3) is 5.91 Å². The lowest BCUT2D eigenvalue weighted by Gasteiger charge is -2.23. The average Bonchev–Trinajstić information content (AvgIpc) is 3.01. The number of rotatable bonds is 7. The first-order valence-electron chi connectivity index (χ1n) is 7.72. The number of carbonyl (C=O) groups excluding carboxylic acids is 1. The molecule has 1 N–H and O–H groups in total. The van der Waals surface area contributed by atoms with Gasteiger partial charge < -0.3 is 10.2 Å². The third-order valence-electron chi connectivity index (χ3n) is 3.45. The number of nitrogens with one attached hydrogen (secondary N) is 1. The molecule has 1 unspecified atom stereocenters. The maximum atomic E-state index is 12.6. The summed E-state index contributed by atoms with van der Waals surface area (Å²) in [6.45, 7) is 4.88. The zero-order valence-electron chi connectivity index (χ0n) is 14.1. The van der Waals surface area contributed by atoms with Gasteiger partial charge in [0.15, 0.2) is 0 Å². The molecule has 0 fully saturated rings. The molecule has 1 amide bonds. The highest BCUT2D eigenvalue weighted by molar-refractivity contribution is 8.00. The third kappa shape index (κ3) is 5.09. The van der Waals surface area contributed by atoms with Gasteiger partial charge in [-0.15, -0.1) is 23.1 Å². The van der Waals surface area contributed by atoms with Crippen molar-refractivity contribution in [1.82, 2.24) is 10.2 Å². The Kier molecular flexibility index (Phi) is 6.69. The van der Waals surface area contributed by atoms with Gasteiger partial charge >= 0.3 is 0 Å². The Morgan fingerprint density at radius 2 is 1.96 bits per heavy atom. The monoisotopic (exact) mass is 348 g/mol. The molecular formula is C18H24N2OS2. The molecule has 0 radical (unpaired) electrons. The largest absolute Gasteiger partial charge is 0.350 e. The molecule has 0 aliphatic carbocycles. The molecule has 124 valence electrons. The van der Waals surface area contributed by atoms with Crippen LogP contribution >= 0.6 is 23.1 Å². The van der Waals surface area contributed by atoms with E-state index in [1.165, 1.54) is 4.88 Å². The van der Waals surface area contributed by atoms with Gasteiger partial charge in [0.05, 0.1) is 11.6 Å². The van der Waals surface area contributed by atoms with Gasteiger partial charge in [0, 0.05) is 21.6 Å². The molecule has 2 aromatic rings. The number of carbonyl (C=O) groups is 1. The summed E-state index contributed by atoms with van der Waals surface area (Å²) >= 11 is 3.44. The number of hydrogen-bond acceptors (Lipinski definition) is 4. The maximum Gasteiger partial charge on any atom is 0.252 e. The number of benzene rings is 1. The summed E-state index contributed by atoms with van der Waals surface area (Å²) in [6.07, 6.45) is 0. The first-order valence-corrected chi connectivity index (χ1v) is 9.48. The average molecular weight is 349 g/mol. The van der Waals surface area contributed by atoms with Crippen LogP contribution in [0.1, 0.15) is 35.1 Å². The molecule has 0 aliphatic rings. The predicted octanol–water partition coefficient (Wildman–Crippen LogP) is 4.28. The van der Waals surface area contributed by atoms with E-state index in [4.69, 9.17) is 0 Å². The van der Waals surface area contributed by atoms with E-state index < -0.39 is 0 Å². The van der Waals surface area contributed by atoms with Crippen LogP contribution in [-0.2, 0) is 0 Å². The first-order chi connectivity index (χ1) is 11.0. The molecule has 1 aromatic carbocycles. The molecule has 0 bridgehead atoms. The van der Waals surface area contributed by atoms with Crippen molar-refractivity contribution < 1.29 is 4.79 Å². The molecular weight excluding hydrogens is 324 g/mol. The van der Waals surface area contributed by atoms with Crippen molar-refractivity contribution in [2.24, 2.45) is 0 Å². The summed E-state index contributed by atoms with van der Waals surface area (Å²) in [5.41, 5.74) is 0.759. The van der Waals surface area contributed by atoms with Crippen molar-refractivity contribution >= 4 is 29.0 Å². The van der Waals surface area contributed by atoms with Crippen molar-refractivity contribution in [3.63, 3.8) is 0 Å². The van der Waals surface area contributed by atoms with Crippen LogP contribution in [0.25, 0.3) is 0 Å². The van der Waals surface area contributed by atoms with Crippen LogP contribution in [0, 0.1) is 0 Å². The van der Waals surface area contributed by atoms with Gasteiger partial charge in [-0.2, -0.15) is 0 Å². The minimum Gasteiger partial charge on any atom is -0.350 e. The molecule has 3 nitrogen and oxygen atoms in total. The van der Waals surface area contributed by atoms with E-state index in [0.717, 1.165) is 10.5 Å². The Morgan fingerprint density at radius 3 is 2.57 bits per heavy atom. The Morgan fingerprint density at radius 1 is 1.22 bits per heavy atom. The Labute approximate surface area is 147 Å². The zero-order chi connectivity index (χ0) is 16.8. The number of thiophene rings is 1. The number of amides is 1. The highest BCUT2D eigenvalue weighted by atomic mass is 32.2. The second-order valence-electron chi connectivity index (χ2n) is 5.87. The van der Waals surface area contributed by atoms with Crippen molar-refractivity contribution in [1.29, 1.82) is 0 Å². The summed E-state index contributed by atoms with van der Waals surface area (Å²) < 4.78 is 0. The molecule has 0 spiro atoms. The number of likely N-dealkylation sites (N-methyl/N-ethyl adjacent to an activating group) is 1. The van der Waals surface area contributed by atoms with Crippen LogP contribution in [0.5, 0.6) is 0 Å². The Hall–Kier alpha value is -1.30. The van der Waals surface area contributed by atoms with E-state index in [0.29, 0.717) is 11.8 Å². The van der Waals surface area contributed by atoms with Gasteiger partial charge in [0.2, 0.25) is 0 Å². The number of thioether (sulfide) groups is 1. The zero-order valence-corrected chi connectivity index (χ0v) is 15.7. The van der Waals surface area contributed by atoms with Crippen molar-refractivity contribution in [2.45, 2.75) is 30.0 Å². The van der Waals surface area contributed by atoms with E-state index >= 15 is 0 Å². The molecule has 1 aromatic heterocycles. The predicted molar refractivity (Wildman–Crippen MR) is 101 cm³/mol. The first kappa shape index (κ1) is 18.0. The third-order valence-corrected chi connectivity index (χ3v) is 5.50. The normalized spacial score (nSPS) is 12.6.